The van der Waals surface area contributed by atoms with Crippen molar-refractivity contribution in [3.63, 3.8) is 0 Å². The van der Waals surface area contributed by atoms with Crippen LogP contribution >= 0.6 is 0 Å². The van der Waals surface area contributed by atoms with E-state index < -0.39 is 10.8 Å². The number of hydrogen-bond acceptors (Lipinski definition) is 2. The standard InChI is InChI=1S/C18H29NOS/c1-4-11-19-18(16-7-5-6-8-16)13-21(20)17-10-9-14(2)15(3)12-17/h9-10,12,16,18-19H,4-8,11,13H2,1-3H3. The highest BCUT2D eigenvalue weighted by Gasteiger charge is 2.26. The Morgan fingerprint density at radius 3 is 2.57 bits per heavy atom. The summed E-state index contributed by atoms with van der Waals surface area (Å²) in [6.07, 6.45) is 6.41. The van der Waals surface area contributed by atoms with E-state index in [2.05, 4.69) is 38.2 Å². The number of hydrogen-bond donors (Lipinski definition) is 1. The van der Waals surface area contributed by atoms with Crippen LogP contribution in [0.3, 0.4) is 0 Å². The summed E-state index contributed by atoms with van der Waals surface area (Å²) >= 11 is 0. The second-order valence-electron chi connectivity index (χ2n) is 6.36. The van der Waals surface area contributed by atoms with E-state index in [-0.39, 0.29) is 0 Å². The Hall–Kier alpha value is -0.670. The molecule has 1 N–H and O–H groups in total. The summed E-state index contributed by atoms with van der Waals surface area (Å²) in [4.78, 5) is 0.986. The van der Waals surface area contributed by atoms with Crippen molar-refractivity contribution < 1.29 is 4.21 Å². The lowest BCUT2D eigenvalue weighted by Gasteiger charge is -2.24. The van der Waals surface area contributed by atoms with Crippen LogP contribution in [0.2, 0.25) is 0 Å². The van der Waals surface area contributed by atoms with Crippen LogP contribution in [0.1, 0.15) is 50.2 Å². The van der Waals surface area contributed by atoms with Crippen molar-refractivity contribution >= 4 is 10.8 Å². The van der Waals surface area contributed by atoms with Crippen molar-refractivity contribution in [1.29, 1.82) is 0 Å². The Balaban J connectivity index is 2.03. The molecule has 2 atom stereocenters. The van der Waals surface area contributed by atoms with E-state index in [1.54, 1.807) is 0 Å². The predicted octanol–water partition coefficient (Wildman–Crippen LogP) is 3.97. The smallest absolute Gasteiger partial charge is 0.0545 e. The monoisotopic (exact) mass is 307 g/mol. The quantitative estimate of drug-likeness (QED) is 0.826. The fraction of sp³-hybridized carbons (Fsp3) is 0.667. The minimum Gasteiger partial charge on any atom is -0.313 e. The van der Waals surface area contributed by atoms with Crippen molar-refractivity contribution in [2.24, 2.45) is 5.92 Å². The van der Waals surface area contributed by atoms with Crippen molar-refractivity contribution in [2.75, 3.05) is 12.3 Å². The summed E-state index contributed by atoms with van der Waals surface area (Å²) in [7, 11) is -0.894. The Morgan fingerprint density at radius 1 is 1.24 bits per heavy atom. The molecule has 1 aliphatic rings. The van der Waals surface area contributed by atoms with Crippen LogP contribution in [0.4, 0.5) is 0 Å². The molecule has 0 amide bonds. The lowest BCUT2D eigenvalue weighted by molar-refractivity contribution is 0.385. The van der Waals surface area contributed by atoms with Crippen molar-refractivity contribution in [1.82, 2.24) is 5.32 Å². The van der Waals surface area contributed by atoms with Gasteiger partial charge in [-0.25, -0.2) is 0 Å². The number of rotatable bonds is 7. The summed E-state index contributed by atoms with van der Waals surface area (Å²) in [6, 6.07) is 6.63. The van der Waals surface area contributed by atoms with Crippen molar-refractivity contribution in [3.8, 4) is 0 Å². The molecule has 1 aliphatic carbocycles. The molecule has 21 heavy (non-hydrogen) atoms. The lowest BCUT2D eigenvalue weighted by atomic mass is 10.00. The molecular weight excluding hydrogens is 278 g/mol. The highest BCUT2D eigenvalue weighted by molar-refractivity contribution is 7.85. The first-order valence-electron chi connectivity index (χ1n) is 8.30. The molecule has 0 bridgehead atoms. The molecule has 2 nitrogen and oxygen atoms in total. The van der Waals surface area contributed by atoms with Gasteiger partial charge in [0, 0.05) is 16.7 Å². The minimum atomic E-state index is -0.894. The molecule has 1 aromatic carbocycles. The highest BCUT2D eigenvalue weighted by Crippen LogP contribution is 2.29. The number of aryl methyl sites for hydroxylation is 2. The number of benzene rings is 1. The maximum absolute atomic E-state index is 12.7. The first kappa shape index (κ1) is 16.7. The third-order valence-electron chi connectivity index (χ3n) is 4.70. The summed E-state index contributed by atoms with van der Waals surface area (Å²) in [6.45, 7) is 7.43. The van der Waals surface area contributed by atoms with Crippen LogP contribution in [-0.4, -0.2) is 22.5 Å². The molecule has 2 rings (SSSR count). The van der Waals surface area contributed by atoms with Crippen LogP contribution in [-0.2, 0) is 10.8 Å². The van der Waals surface area contributed by atoms with Crippen LogP contribution < -0.4 is 5.32 Å². The van der Waals surface area contributed by atoms with E-state index in [9.17, 15) is 4.21 Å². The van der Waals surface area contributed by atoms with E-state index >= 15 is 0 Å². The molecule has 0 aliphatic heterocycles. The Morgan fingerprint density at radius 2 is 1.95 bits per heavy atom. The molecule has 0 radical (unpaired) electrons. The van der Waals surface area contributed by atoms with Gasteiger partial charge in [0.15, 0.2) is 0 Å². The van der Waals surface area contributed by atoms with Gasteiger partial charge in [0.2, 0.25) is 0 Å². The van der Waals surface area contributed by atoms with Crippen LogP contribution in [0.15, 0.2) is 23.1 Å². The Bertz CT molecular complexity index is 480. The average molecular weight is 308 g/mol. The zero-order valence-electron chi connectivity index (χ0n) is 13.7. The zero-order valence-corrected chi connectivity index (χ0v) is 14.5. The maximum atomic E-state index is 12.7. The van der Waals surface area contributed by atoms with Gasteiger partial charge in [-0.2, -0.15) is 0 Å². The van der Waals surface area contributed by atoms with Gasteiger partial charge in [0.25, 0.3) is 0 Å². The molecular formula is C18H29NOS. The van der Waals surface area contributed by atoms with Gasteiger partial charge < -0.3 is 5.32 Å². The molecule has 3 heteroatoms. The summed E-state index contributed by atoms with van der Waals surface area (Å²) in [5.41, 5.74) is 2.51. The summed E-state index contributed by atoms with van der Waals surface area (Å²) in [5.74, 6) is 1.47. The fourth-order valence-corrected chi connectivity index (χ4v) is 4.60. The fourth-order valence-electron chi connectivity index (χ4n) is 3.17. The first-order valence-corrected chi connectivity index (χ1v) is 9.62. The molecule has 1 aromatic rings. The van der Waals surface area contributed by atoms with Gasteiger partial charge >= 0.3 is 0 Å². The number of nitrogens with one attached hydrogen (secondary N) is 1. The molecule has 0 spiro atoms. The molecule has 1 fully saturated rings. The maximum Gasteiger partial charge on any atom is 0.0545 e. The predicted molar refractivity (Wildman–Crippen MR) is 91.2 cm³/mol. The zero-order chi connectivity index (χ0) is 15.2. The Labute approximate surface area is 132 Å². The molecule has 0 aromatic heterocycles. The second kappa shape index (κ2) is 8.09. The van der Waals surface area contributed by atoms with Crippen LogP contribution in [0.5, 0.6) is 0 Å². The van der Waals surface area contributed by atoms with Gasteiger partial charge in [-0.15, -0.1) is 0 Å². The normalized spacial score (nSPS) is 18.8. The van der Waals surface area contributed by atoms with E-state index in [1.165, 1.54) is 36.8 Å². The lowest BCUT2D eigenvalue weighted by Crippen LogP contribution is -2.40. The van der Waals surface area contributed by atoms with Gasteiger partial charge in [0.05, 0.1) is 10.8 Å². The van der Waals surface area contributed by atoms with Crippen LogP contribution in [0, 0.1) is 19.8 Å². The van der Waals surface area contributed by atoms with E-state index in [4.69, 9.17) is 0 Å². The molecule has 0 heterocycles. The van der Waals surface area contributed by atoms with E-state index in [0.29, 0.717) is 12.0 Å². The third-order valence-corrected chi connectivity index (χ3v) is 6.14. The van der Waals surface area contributed by atoms with Gasteiger partial charge in [-0.05, 0) is 68.8 Å². The van der Waals surface area contributed by atoms with Gasteiger partial charge in [-0.3, -0.25) is 4.21 Å². The minimum absolute atomic E-state index is 0.412. The molecule has 118 valence electrons. The van der Waals surface area contributed by atoms with E-state index in [0.717, 1.165) is 23.6 Å². The molecule has 0 saturated heterocycles. The SMILES string of the molecule is CCCNC(CS(=O)c1ccc(C)c(C)c1)C1CCCC1. The Kier molecular flexibility index (Phi) is 6.43. The largest absolute Gasteiger partial charge is 0.313 e. The van der Waals surface area contributed by atoms with Gasteiger partial charge in [-0.1, -0.05) is 25.8 Å². The third kappa shape index (κ3) is 4.65. The highest BCUT2D eigenvalue weighted by atomic mass is 32.2. The molecule has 2 unspecified atom stereocenters. The summed E-state index contributed by atoms with van der Waals surface area (Å²) in [5, 5.41) is 3.64. The first-order chi connectivity index (χ1) is 10.1. The van der Waals surface area contributed by atoms with Crippen LogP contribution in [0.25, 0.3) is 0 Å². The summed E-state index contributed by atoms with van der Waals surface area (Å²) < 4.78 is 12.7. The molecule has 1 saturated carbocycles. The van der Waals surface area contributed by atoms with Crippen molar-refractivity contribution in [2.45, 2.75) is 63.8 Å². The van der Waals surface area contributed by atoms with Crippen molar-refractivity contribution in [3.05, 3.63) is 29.3 Å². The topological polar surface area (TPSA) is 29.1 Å². The van der Waals surface area contributed by atoms with E-state index in [1.807, 2.05) is 6.07 Å². The van der Waals surface area contributed by atoms with Gasteiger partial charge in [0.1, 0.15) is 0 Å². The second-order valence-corrected chi connectivity index (χ2v) is 7.86. The average Bonchev–Trinajstić information content (AvgIpc) is 3.00.